The molecule has 0 spiro atoms. The third-order valence-corrected chi connectivity index (χ3v) is 4.99. The Hall–Kier alpha value is -3.02. The van der Waals surface area contributed by atoms with Gasteiger partial charge in [0.2, 0.25) is 5.75 Å². The molecule has 1 aliphatic rings. The third-order valence-electron chi connectivity index (χ3n) is 4.99. The fourth-order valence-corrected chi connectivity index (χ4v) is 3.56. The van der Waals surface area contributed by atoms with Gasteiger partial charge in [0.05, 0.1) is 20.8 Å². The molecule has 0 amide bonds. The van der Waals surface area contributed by atoms with Gasteiger partial charge >= 0.3 is 5.97 Å². The molecule has 2 aromatic rings. The second-order valence-corrected chi connectivity index (χ2v) is 7.27. The molecular weight excluding hydrogens is 372 g/mol. The van der Waals surface area contributed by atoms with E-state index in [-0.39, 0.29) is 12.4 Å². The molecule has 1 aliphatic carbocycles. The quantitative estimate of drug-likeness (QED) is 0.651. The predicted octanol–water partition coefficient (Wildman–Crippen LogP) is 4.22. The van der Waals surface area contributed by atoms with E-state index < -0.39 is 11.6 Å². The van der Waals surface area contributed by atoms with Crippen LogP contribution in [0.1, 0.15) is 43.1 Å². The lowest BCUT2D eigenvalue weighted by molar-refractivity contribution is -0.158. The van der Waals surface area contributed by atoms with Gasteiger partial charge < -0.3 is 18.9 Å². The number of Topliss-reactive ketones (excluding diaryl/α,β-unsaturated/α-hetero) is 1. The molecule has 0 heterocycles. The van der Waals surface area contributed by atoms with Gasteiger partial charge in [-0.2, -0.15) is 0 Å². The molecule has 3 rings (SSSR count). The summed E-state index contributed by atoms with van der Waals surface area (Å²) >= 11 is 0. The van der Waals surface area contributed by atoms with Crippen molar-refractivity contribution in [3.63, 3.8) is 0 Å². The number of methoxy groups -OCH3 is 2. The molecular formula is C23H26O6. The van der Waals surface area contributed by atoms with Crippen LogP contribution in [-0.2, 0) is 16.0 Å². The first kappa shape index (κ1) is 20.7. The number of esters is 1. The summed E-state index contributed by atoms with van der Waals surface area (Å²) < 4.78 is 22.4. The Morgan fingerprint density at radius 1 is 0.966 bits per heavy atom. The molecule has 6 nitrogen and oxygen atoms in total. The largest absolute Gasteiger partial charge is 0.493 e. The first-order valence-corrected chi connectivity index (χ1v) is 9.60. The lowest BCUT2D eigenvalue weighted by Crippen LogP contribution is -2.40. The van der Waals surface area contributed by atoms with Crippen LogP contribution in [0.4, 0.5) is 0 Å². The van der Waals surface area contributed by atoms with Crippen molar-refractivity contribution in [1.29, 1.82) is 0 Å². The van der Waals surface area contributed by atoms with Gasteiger partial charge in [0.1, 0.15) is 0 Å². The number of benzene rings is 2. The number of hydrogen-bond donors (Lipinski definition) is 0. The Labute approximate surface area is 170 Å². The second-order valence-electron chi connectivity index (χ2n) is 7.27. The molecule has 154 valence electrons. The summed E-state index contributed by atoms with van der Waals surface area (Å²) in [5.74, 6) is 0.887. The SMILES string of the molecule is CCOC(=O)C(C)(C)Oc1c(-c2cccc3c2CCC3=O)ccc(OC)c1OC. The molecule has 0 fully saturated rings. The van der Waals surface area contributed by atoms with E-state index >= 15 is 0 Å². The molecule has 6 heteroatoms. The summed E-state index contributed by atoms with van der Waals surface area (Å²) in [6.45, 7) is 5.29. The van der Waals surface area contributed by atoms with Crippen LogP contribution >= 0.6 is 0 Å². The zero-order valence-electron chi connectivity index (χ0n) is 17.5. The summed E-state index contributed by atoms with van der Waals surface area (Å²) in [6.07, 6.45) is 1.16. The smallest absolute Gasteiger partial charge is 0.349 e. The maximum Gasteiger partial charge on any atom is 0.349 e. The molecule has 0 aromatic heterocycles. The van der Waals surface area contributed by atoms with Crippen LogP contribution < -0.4 is 14.2 Å². The van der Waals surface area contributed by atoms with Crippen molar-refractivity contribution < 1.29 is 28.5 Å². The number of carbonyl (C=O) groups is 2. The van der Waals surface area contributed by atoms with Crippen molar-refractivity contribution in [1.82, 2.24) is 0 Å². The zero-order chi connectivity index (χ0) is 21.2. The van der Waals surface area contributed by atoms with E-state index in [0.717, 1.165) is 22.3 Å². The lowest BCUT2D eigenvalue weighted by atomic mass is 9.95. The van der Waals surface area contributed by atoms with Crippen LogP contribution in [0.15, 0.2) is 30.3 Å². The highest BCUT2D eigenvalue weighted by atomic mass is 16.6. The van der Waals surface area contributed by atoms with Crippen LogP contribution in [0.25, 0.3) is 11.1 Å². The molecule has 0 N–H and O–H groups in total. The van der Waals surface area contributed by atoms with E-state index in [1.165, 1.54) is 14.2 Å². The molecule has 2 aromatic carbocycles. The van der Waals surface area contributed by atoms with E-state index in [1.54, 1.807) is 26.8 Å². The van der Waals surface area contributed by atoms with Crippen LogP contribution in [0.3, 0.4) is 0 Å². The van der Waals surface area contributed by atoms with Crippen molar-refractivity contribution in [2.75, 3.05) is 20.8 Å². The summed E-state index contributed by atoms with van der Waals surface area (Å²) in [5.41, 5.74) is 2.06. The molecule has 0 atom stereocenters. The minimum atomic E-state index is -1.25. The summed E-state index contributed by atoms with van der Waals surface area (Å²) in [6, 6.07) is 9.29. The van der Waals surface area contributed by atoms with Crippen LogP contribution in [0.5, 0.6) is 17.2 Å². The van der Waals surface area contributed by atoms with E-state index in [1.807, 2.05) is 24.3 Å². The molecule has 0 aliphatic heterocycles. The van der Waals surface area contributed by atoms with Gasteiger partial charge in [0.15, 0.2) is 22.9 Å². The fraction of sp³-hybridized carbons (Fsp3) is 0.391. The summed E-state index contributed by atoms with van der Waals surface area (Å²) in [5, 5.41) is 0. The predicted molar refractivity (Wildman–Crippen MR) is 109 cm³/mol. The number of ether oxygens (including phenoxy) is 4. The highest BCUT2D eigenvalue weighted by Crippen LogP contribution is 2.47. The number of fused-ring (bicyclic) bond motifs is 1. The maximum atomic E-state index is 12.4. The van der Waals surface area contributed by atoms with Gasteiger partial charge in [-0.25, -0.2) is 4.79 Å². The molecule has 29 heavy (non-hydrogen) atoms. The molecule has 0 unspecified atom stereocenters. The third kappa shape index (κ3) is 3.79. The zero-order valence-corrected chi connectivity index (χ0v) is 17.5. The maximum absolute atomic E-state index is 12.4. The van der Waals surface area contributed by atoms with Gasteiger partial charge in [-0.05, 0) is 50.5 Å². The fourth-order valence-electron chi connectivity index (χ4n) is 3.56. The van der Waals surface area contributed by atoms with E-state index in [0.29, 0.717) is 30.1 Å². The molecule has 0 radical (unpaired) electrons. The van der Waals surface area contributed by atoms with Crippen molar-refractivity contribution in [2.45, 2.75) is 39.2 Å². The number of hydrogen-bond acceptors (Lipinski definition) is 6. The van der Waals surface area contributed by atoms with Crippen LogP contribution in [0, 0.1) is 0 Å². The molecule has 0 saturated heterocycles. The minimum absolute atomic E-state index is 0.136. The van der Waals surface area contributed by atoms with E-state index in [9.17, 15) is 9.59 Å². The molecule has 0 saturated carbocycles. The lowest BCUT2D eigenvalue weighted by Gasteiger charge is -2.27. The number of rotatable bonds is 7. The van der Waals surface area contributed by atoms with Crippen molar-refractivity contribution in [3.8, 4) is 28.4 Å². The van der Waals surface area contributed by atoms with Crippen LogP contribution in [-0.4, -0.2) is 38.2 Å². The Bertz CT molecular complexity index is 945. The second kappa shape index (κ2) is 8.15. The van der Waals surface area contributed by atoms with Gasteiger partial charge in [-0.3, -0.25) is 4.79 Å². The highest BCUT2D eigenvalue weighted by Gasteiger charge is 2.35. The van der Waals surface area contributed by atoms with Crippen molar-refractivity contribution in [2.24, 2.45) is 0 Å². The highest BCUT2D eigenvalue weighted by molar-refractivity contribution is 6.02. The minimum Gasteiger partial charge on any atom is -0.493 e. The molecule has 0 bridgehead atoms. The normalized spacial score (nSPS) is 13.1. The Morgan fingerprint density at radius 3 is 2.34 bits per heavy atom. The van der Waals surface area contributed by atoms with Crippen LogP contribution in [0.2, 0.25) is 0 Å². The first-order chi connectivity index (χ1) is 13.8. The van der Waals surface area contributed by atoms with E-state index in [2.05, 4.69) is 0 Å². The number of carbonyl (C=O) groups excluding carboxylic acids is 2. The first-order valence-electron chi connectivity index (χ1n) is 9.60. The Kier molecular flexibility index (Phi) is 5.82. The average molecular weight is 398 g/mol. The van der Waals surface area contributed by atoms with E-state index in [4.69, 9.17) is 18.9 Å². The Morgan fingerprint density at radius 2 is 1.69 bits per heavy atom. The van der Waals surface area contributed by atoms with Gasteiger partial charge in [0.25, 0.3) is 0 Å². The van der Waals surface area contributed by atoms with Crippen molar-refractivity contribution >= 4 is 11.8 Å². The topological polar surface area (TPSA) is 71.1 Å². The average Bonchev–Trinajstić information content (AvgIpc) is 3.08. The summed E-state index contributed by atoms with van der Waals surface area (Å²) in [7, 11) is 3.06. The standard InChI is InChI=1S/C23H26O6/c1-6-28-22(25)23(2,3)29-20-17(11-13-19(26-4)21(20)27-5)14-8-7-9-16-15(14)10-12-18(16)24/h7-9,11,13H,6,10,12H2,1-5H3. The van der Waals surface area contributed by atoms with Gasteiger partial charge in [-0.15, -0.1) is 0 Å². The van der Waals surface area contributed by atoms with Gasteiger partial charge in [0, 0.05) is 17.5 Å². The summed E-state index contributed by atoms with van der Waals surface area (Å²) in [4.78, 5) is 24.6. The Balaban J connectivity index is 2.19. The van der Waals surface area contributed by atoms with Gasteiger partial charge in [-0.1, -0.05) is 18.2 Å². The number of ketones is 1. The monoisotopic (exact) mass is 398 g/mol. The van der Waals surface area contributed by atoms with Crippen molar-refractivity contribution in [3.05, 3.63) is 41.5 Å².